The molecule has 0 saturated carbocycles. The Balaban J connectivity index is 1.89. The van der Waals surface area contributed by atoms with E-state index in [1.165, 1.54) is 23.2 Å². The SMILES string of the molecule is CCCN(CC)c1ccc(CCc2ccc(CC(=O)NN)cc2)cc1. The molecule has 0 aliphatic carbocycles. The molecule has 3 N–H and O–H groups in total. The molecule has 2 rings (SSSR count). The van der Waals surface area contributed by atoms with Gasteiger partial charge in [0.05, 0.1) is 6.42 Å². The Labute approximate surface area is 151 Å². The third-order valence-electron chi connectivity index (χ3n) is 4.43. The average Bonchev–Trinajstić information content (AvgIpc) is 2.66. The Morgan fingerprint density at radius 1 is 0.920 bits per heavy atom. The van der Waals surface area contributed by atoms with Crippen molar-refractivity contribution in [2.24, 2.45) is 5.84 Å². The summed E-state index contributed by atoms with van der Waals surface area (Å²) in [6, 6.07) is 17.1. The summed E-state index contributed by atoms with van der Waals surface area (Å²) in [6.45, 7) is 6.56. The number of amides is 1. The summed E-state index contributed by atoms with van der Waals surface area (Å²) < 4.78 is 0. The van der Waals surface area contributed by atoms with Crippen LogP contribution in [0.25, 0.3) is 0 Å². The number of aryl methyl sites for hydroxylation is 2. The topological polar surface area (TPSA) is 58.4 Å². The molecule has 0 saturated heterocycles. The van der Waals surface area contributed by atoms with Crippen LogP contribution in [0, 0.1) is 0 Å². The first kappa shape index (κ1) is 19.0. The molecule has 0 atom stereocenters. The zero-order valence-corrected chi connectivity index (χ0v) is 15.3. The van der Waals surface area contributed by atoms with Crippen molar-refractivity contribution in [3.8, 4) is 0 Å². The van der Waals surface area contributed by atoms with Crippen LogP contribution in [-0.2, 0) is 24.1 Å². The smallest absolute Gasteiger partial charge is 0.238 e. The summed E-state index contributed by atoms with van der Waals surface area (Å²) in [4.78, 5) is 13.7. The number of nitrogens with zero attached hydrogens (tertiary/aromatic N) is 1. The molecule has 0 aromatic heterocycles. The number of carbonyl (C=O) groups is 1. The average molecular weight is 339 g/mol. The van der Waals surface area contributed by atoms with Gasteiger partial charge >= 0.3 is 0 Å². The lowest BCUT2D eigenvalue weighted by molar-refractivity contribution is -0.120. The lowest BCUT2D eigenvalue weighted by Gasteiger charge is -2.22. The van der Waals surface area contributed by atoms with Crippen LogP contribution in [0.2, 0.25) is 0 Å². The molecule has 134 valence electrons. The molecular weight excluding hydrogens is 310 g/mol. The van der Waals surface area contributed by atoms with Crippen LogP contribution in [0.1, 0.15) is 37.0 Å². The highest BCUT2D eigenvalue weighted by molar-refractivity contribution is 5.77. The summed E-state index contributed by atoms with van der Waals surface area (Å²) in [5.74, 6) is 4.94. The van der Waals surface area contributed by atoms with E-state index in [4.69, 9.17) is 5.84 Å². The minimum Gasteiger partial charge on any atom is -0.372 e. The summed E-state index contributed by atoms with van der Waals surface area (Å²) in [6.07, 6.45) is 3.50. The van der Waals surface area contributed by atoms with Crippen LogP contribution in [0.15, 0.2) is 48.5 Å². The number of anilines is 1. The first-order valence-electron chi connectivity index (χ1n) is 9.07. The summed E-state index contributed by atoms with van der Waals surface area (Å²) in [5.41, 5.74) is 7.07. The minimum absolute atomic E-state index is 0.169. The molecule has 4 nitrogen and oxygen atoms in total. The van der Waals surface area contributed by atoms with Crippen molar-refractivity contribution in [3.63, 3.8) is 0 Å². The van der Waals surface area contributed by atoms with Gasteiger partial charge < -0.3 is 4.90 Å². The van der Waals surface area contributed by atoms with Gasteiger partial charge in [-0.3, -0.25) is 10.2 Å². The van der Waals surface area contributed by atoms with E-state index in [1.807, 2.05) is 12.1 Å². The number of hydrazine groups is 1. The molecule has 2 aromatic carbocycles. The fourth-order valence-corrected chi connectivity index (χ4v) is 2.96. The molecule has 0 heterocycles. The third kappa shape index (κ3) is 5.91. The zero-order chi connectivity index (χ0) is 18.1. The highest BCUT2D eigenvalue weighted by Crippen LogP contribution is 2.17. The first-order chi connectivity index (χ1) is 12.2. The number of carbonyl (C=O) groups excluding carboxylic acids is 1. The van der Waals surface area contributed by atoms with Gasteiger partial charge in [-0.1, -0.05) is 43.3 Å². The predicted octanol–water partition coefficient (Wildman–Crippen LogP) is 3.24. The van der Waals surface area contributed by atoms with Crippen LogP contribution in [-0.4, -0.2) is 19.0 Å². The Bertz CT molecular complexity index is 650. The summed E-state index contributed by atoms with van der Waals surface area (Å²) in [7, 11) is 0. The van der Waals surface area contributed by atoms with Crippen LogP contribution < -0.4 is 16.2 Å². The maximum Gasteiger partial charge on any atom is 0.238 e. The fraction of sp³-hybridized carbons (Fsp3) is 0.381. The summed E-state index contributed by atoms with van der Waals surface area (Å²) in [5, 5.41) is 0. The van der Waals surface area contributed by atoms with Crippen molar-refractivity contribution >= 4 is 11.6 Å². The molecule has 0 aliphatic rings. The number of nitrogens with two attached hydrogens (primary N) is 1. The van der Waals surface area contributed by atoms with E-state index in [2.05, 4.69) is 60.6 Å². The Hall–Kier alpha value is -2.33. The second kappa shape index (κ2) is 9.84. The molecule has 0 radical (unpaired) electrons. The standard InChI is InChI=1S/C21H29N3O/c1-3-15-24(4-2)20-13-11-18(12-14-20)6-5-17-7-9-19(10-8-17)16-21(25)23-22/h7-14H,3-6,15-16,22H2,1-2H3,(H,23,25). The molecule has 4 heteroatoms. The van der Waals surface area contributed by atoms with E-state index in [9.17, 15) is 4.79 Å². The number of hydrogen-bond donors (Lipinski definition) is 2. The molecule has 0 fully saturated rings. The highest BCUT2D eigenvalue weighted by atomic mass is 16.2. The van der Waals surface area contributed by atoms with Crippen molar-refractivity contribution in [2.45, 2.75) is 39.5 Å². The van der Waals surface area contributed by atoms with E-state index in [0.29, 0.717) is 6.42 Å². The fourth-order valence-electron chi connectivity index (χ4n) is 2.96. The van der Waals surface area contributed by atoms with Crippen LogP contribution >= 0.6 is 0 Å². The Morgan fingerprint density at radius 3 is 1.92 bits per heavy atom. The van der Waals surface area contributed by atoms with Gasteiger partial charge in [-0.2, -0.15) is 0 Å². The van der Waals surface area contributed by atoms with Crippen molar-refractivity contribution in [1.29, 1.82) is 0 Å². The quantitative estimate of drug-likeness (QED) is 0.419. The third-order valence-corrected chi connectivity index (χ3v) is 4.43. The van der Waals surface area contributed by atoms with Gasteiger partial charge in [0.1, 0.15) is 0 Å². The van der Waals surface area contributed by atoms with Gasteiger partial charge in [0.25, 0.3) is 0 Å². The van der Waals surface area contributed by atoms with Gasteiger partial charge in [-0.05, 0) is 55.0 Å². The maximum atomic E-state index is 11.3. The summed E-state index contributed by atoms with van der Waals surface area (Å²) >= 11 is 0. The lowest BCUT2D eigenvalue weighted by Crippen LogP contribution is -2.31. The van der Waals surface area contributed by atoms with Crippen LogP contribution in [0.4, 0.5) is 5.69 Å². The maximum absolute atomic E-state index is 11.3. The van der Waals surface area contributed by atoms with E-state index in [-0.39, 0.29) is 5.91 Å². The zero-order valence-electron chi connectivity index (χ0n) is 15.3. The normalized spacial score (nSPS) is 10.5. The van der Waals surface area contributed by atoms with Gasteiger partial charge in [-0.15, -0.1) is 0 Å². The predicted molar refractivity (Wildman–Crippen MR) is 105 cm³/mol. The second-order valence-corrected chi connectivity index (χ2v) is 6.31. The van der Waals surface area contributed by atoms with Crippen LogP contribution in [0.3, 0.4) is 0 Å². The van der Waals surface area contributed by atoms with Gasteiger partial charge in [0.2, 0.25) is 5.91 Å². The molecule has 25 heavy (non-hydrogen) atoms. The van der Waals surface area contributed by atoms with Crippen LogP contribution in [0.5, 0.6) is 0 Å². The van der Waals surface area contributed by atoms with Gasteiger partial charge in [-0.25, -0.2) is 5.84 Å². The largest absolute Gasteiger partial charge is 0.372 e. The van der Waals surface area contributed by atoms with Gasteiger partial charge in [0, 0.05) is 18.8 Å². The molecule has 0 aliphatic heterocycles. The molecule has 2 aromatic rings. The number of hydrogen-bond acceptors (Lipinski definition) is 3. The molecule has 0 bridgehead atoms. The van der Waals surface area contributed by atoms with Gasteiger partial charge in [0.15, 0.2) is 0 Å². The monoisotopic (exact) mass is 339 g/mol. The number of rotatable bonds is 9. The number of benzene rings is 2. The lowest BCUT2D eigenvalue weighted by atomic mass is 10.0. The van der Waals surface area contributed by atoms with E-state index in [1.54, 1.807) is 0 Å². The van der Waals surface area contributed by atoms with E-state index < -0.39 is 0 Å². The molecule has 0 spiro atoms. The Kier molecular flexibility index (Phi) is 7.48. The van der Waals surface area contributed by atoms with E-state index in [0.717, 1.165) is 31.5 Å². The molecule has 1 amide bonds. The highest BCUT2D eigenvalue weighted by Gasteiger charge is 2.04. The second-order valence-electron chi connectivity index (χ2n) is 6.31. The number of nitrogens with one attached hydrogen (secondary N) is 1. The van der Waals surface area contributed by atoms with Crippen molar-refractivity contribution < 1.29 is 4.79 Å². The minimum atomic E-state index is -0.169. The van der Waals surface area contributed by atoms with E-state index >= 15 is 0 Å². The Morgan fingerprint density at radius 2 is 1.44 bits per heavy atom. The van der Waals surface area contributed by atoms with Crippen molar-refractivity contribution in [1.82, 2.24) is 5.43 Å². The molecular formula is C21H29N3O. The van der Waals surface area contributed by atoms with Crippen molar-refractivity contribution in [3.05, 3.63) is 65.2 Å². The molecule has 0 unspecified atom stereocenters. The van der Waals surface area contributed by atoms with Crippen molar-refractivity contribution in [2.75, 3.05) is 18.0 Å². The first-order valence-corrected chi connectivity index (χ1v) is 9.07.